The zero-order chi connectivity index (χ0) is 15.4. The first kappa shape index (κ1) is 15.1. The number of anilines is 1. The van der Waals surface area contributed by atoms with Crippen LogP contribution in [-0.4, -0.2) is 43.8 Å². The summed E-state index contributed by atoms with van der Waals surface area (Å²) in [5, 5.41) is 2.92. The highest BCUT2D eigenvalue weighted by atomic mass is 16.7. The fourth-order valence-electron chi connectivity index (χ4n) is 3.14. The summed E-state index contributed by atoms with van der Waals surface area (Å²) in [6.45, 7) is 3.34. The van der Waals surface area contributed by atoms with Crippen molar-refractivity contribution in [1.82, 2.24) is 4.90 Å². The van der Waals surface area contributed by atoms with Gasteiger partial charge in [0.05, 0.1) is 6.54 Å². The predicted molar refractivity (Wildman–Crippen MR) is 84.0 cm³/mol. The second-order valence-electron chi connectivity index (χ2n) is 5.94. The molecule has 1 amide bonds. The summed E-state index contributed by atoms with van der Waals surface area (Å²) < 4.78 is 10.6. The zero-order valence-electron chi connectivity index (χ0n) is 12.7. The van der Waals surface area contributed by atoms with E-state index in [1.54, 1.807) is 6.07 Å². The lowest BCUT2D eigenvalue weighted by atomic mass is 9.95. The first-order valence-corrected chi connectivity index (χ1v) is 7.86. The molecule has 0 radical (unpaired) electrons. The predicted octanol–water partition coefficient (Wildman–Crippen LogP) is 1.41. The minimum absolute atomic E-state index is 0.00673. The first-order chi connectivity index (χ1) is 10.7. The normalized spacial score (nSPS) is 20.9. The Kier molecular flexibility index (Phi) is 4.80. The maximum atomic E-state index is 12.2. The highest BCUT2D eigenvalue weighted by Gasteiger charge is 2.21. The van der Waals surface area contributed by atoms with Crippen molar-refractivity contribution in [3.05, 3.63) is 18.2 Å². The van der Waals surface area contributed by atoms with E-state index in [1.165, 1.54) is 6.42 Å². The number of carbonyl (C=O) groups excluding carboxylic acids is 1. The molecule has 0 aromatic heterocycles. The van der Waals surface area contributed by atoms with Gasteiger partial charge in [0.15, 0.2) is 11.5 Å². The number of piperidine rings is 1. The Hall–Kier alpha value is -1.79. The van der Waals surface area contributed by atoms with E-state index in [2.05, 4.69) is 10.2 Å². The molecule has 0 aliphatic carbocycles. The van der Waals surface area contributed by atoms with E-state index < -0.39 is 0 Å². The van der Waals surface area contributed by atoms with E-state index in [1.807, 2.05) is 12.1 Å². The number of amides is 1. The largest absolute Gasteiger partial charge is 0.454 e. The van der Waals surface area contributed by atoms with Gasteiger partial charge in [0.2, 0.25) is 12.7 Å². The first-order valence-electron chi connectivity index (χ1n) is 7.86. The Morgan fingerprint density at radius 1 is 1.36 bits per heavy atom. The van der Waals surface area contributed by atoms with E-state index >= 15 is 0 Å². The molecule has 3 N–H and O–H groups in total. The van der Waals surface area contributed by atoms with Crippen molar-refractivity contribution in [1.29, 1.82) is 0 Å². The molecule has 22 heavy (non-hydrogen) atoms. The van der Waals surface area contributed by atoms with Crippen LogP contribution >= 0.6 is 0 Å². The Morgan fingerprint density at radius 3 is 3.09 bits per heavy atom. The van der Waals surface area contributed by atoms with Crippen LogP contribution in [0.3, 0.4) is 0 Å². The summed E-state index contributed by atoms with van der Waals surface area (Å²) in [5.41, 5.74) is 6.37. The molecule has 1 saturated heterocycles. The third-order valence-corrected chi connectivity index (χ3v) is 4.20. The number of hydrogen-bond donors (Lipinski definition) is 2. The van der Waals surface area contributed by atoms with Gasteiger partial charge in [0.25, 0.3) is 0 Å². The molecule has 3 rings (SSSR count). The molecular weight excluding hydrogens is 282 g/mol. The summed E-state index contributed by atoms with van der Waals surface area (Å²) in [7, 11) is 0. The molecule has 0 bridgehead atoms. The Labute approximate surface area is 130 Å². The van der Waals surface area contributed by atoms with Gasteiger partial charge in [0, 0.05) is 18.3 Å². The number of fused-ring (bicyclic) bond motifs is 1. The summed E-state index contributed by atoms with van der Waals surface area (Å²) in [6, 6.07) is 5.45. The highest BCUT2D eigenvalue weighted by molar-refractivity contribution is 5.92. The van der Waals surface area contributed by atoms with Gasteiger partial charge in [-0.1, -0.05) is 0 Å². The molecule has 2 heterocycles. The van der Waals surface area contributed by atoms with Crippen molar-refractivity contribution in [2.45, 2.75) is 19.3 Å². The Morgan fingerprint density at radius 2 is 2.23 bits per heavy atom. The monoisotopic (exact) mass is 305 g/mol. The van der Waals surface area contributed by atoms with E-state index in [9.17, 15) is 4.79 Å². The molecular formula is C16H23N3O3. The van der Waals surface area contributed by atoms with Gasteiger partial charge in [0.1, 0.15) is 0 Å². The third kappa shape index (κ3) is 3.69. The molecule has 0 saturated carbocycles. The summed E-state index contributed by atoms with van der Waals surface area (Å²) in [4.78, 5) is 14.4. The average molecular weight is 305 g/mol. The van der Waals surface area contributed by atoms with Crippen LogP contribution in [0.5, 0.6) is 11.5 Å². The number of nitrogens with zero attached hydrogens (tertiary/aromatic N) is 1. The van der Waals surface area contributed by atoms with Crippen molar-refractivity contribution >= 4 is 11.6 Å². The molecule has 6 nitrogen and oxygen atoms in total. The van der Waals surface area contributed by atoms with E-state index in [0.29, 0.717) is 18.2 Å². The number of rotatable bonds is 5. The minimum Gasteiger partial charge on any atom is -0.454 e. The molecule has 1 atom stereocenters. The van der Waals surface area contributed by atoms with Gasteiger partial charge in [-0.15, -0.1) is 0 Å². The van der Waals surface area contributed by atoms with Crippen LogP contribution in [-0.2, 0) is 4.79 Å². The van der Waals surface area contributed by atoms with Gasteiger partial charge in [-0.05, 0) is 50.4 Å². The Bertz CT molecular complexity index is 533. The highest BCUT2D eigenvalue weighted by Crippen LogP contribution is 2.34. The quantitative estimate of drug-likeness (QED) is 0.860. The molecule has 1 aromatic rings. The van der Waals surface area contributed by atoms with Crippen molar-refractivity contribution < 1.29 is 14.3 Å². The number of carbonyl (C=O) groups is 1. The maximum absolute atomic E-state index is 12.2. The lowest BCUT2D eigenvalue weighted by Gasteiger charge is -2.32. The van der Waals surface area contributed by atoms with Gasteiger partial charge >= 0.3 is 0 Å². The van der Waals surface area contributed by atoms with Crippen LogP contribution in [0.15, 0.2) is 18.2 Å². The molecule has 2 aliphatic heterocycles. The van der Waals surface area contributed by atoms with E-state index in [0.717, 1.165) is 43.9 Å². The number of nitrogens with one attached hydrogen (secondary N) is 1. The lowest BCUT2D eigenvalue weighted by molar-refractivity contribution is -0.117. The summed E-state index contributed by atoms with van der Waals surface area (Å²) in [5.74, 6) is 2.03. The van der Waals surface area contributed by atoms with Gasteiger partial charge in [-0.25, -0.2) is 0 Å². The number of likely N-dealkylation sites (tertiary alicyclic amines) is 1. The molecule has 2 aliphatic rings. The van der Waals surface area contributed by atoms with Crippen LogP contribution in [0.1, 0.15) is 19.3 Å². The van der Waals surface area contributed by atoms with Crippen LogP contribution in [0.25, 0.3) is 0 Å². The standard InChI is InChI=1S/C16H23N3O3/c17-6-5-12-2-1-7-19(9-12)10-16(20)18-13-3-4-14-15(8-13)22-11-21-14/h3-4,8,12H,1-2,5-7,9-11,17H2,(H,18,20). The van der Waals surface area contributed by atoms with Crippen LogP contribution in [0.2, 0.25) is 0 Å². The molecule has 0 spiro atoms. The van der Waals surface area contributed by atoms with Gasteiger partial charge < -0.3 is 20.5 Å². The van der Waals surface area contributed by atoms with Crippen molar-refractivity contribution in [2.75, 3.05) is 38.3 Å². The number of hydrogen-bond acceptors (Lipinski definition) is 5. The van der Waals surface area contributed by atoms with Gasteiger partial charge in [-0.2, -0.15) is 0 Å². The molecule has 1 unspecified atom stereocenters. The van der Waals surface area contributed by atoms with Crippen molar-refractivity contribution in [2.24, 2.45) is 11.7 Å². The molecule has 120 valence electrons. The second-order valence-corrected chi connectivity index (χ2v) is 5.94. The van der Waals surface area contributed by atoms with Crippen LogP contribution in [0.4, 0.5) is 5.69 Å². The van der Waals surface area contributed by atoms with Gasteiger partial charge in [-0.3, -0.25) is 9.69 Å². The molecule has 1 aromatic carbocycles. The van der Waals surface area contributed by atoms with Crippen LogP contribution in [0, 0.1) is 5.92 Å². The Balaban J connectivity index is 1.52. The summed E-state index contributed by atoms with van der Waals surface area (Å²) in [6.07, 6.45) is 3.40. The lowest BCUT2D eigenvalue weighted by Crippen LogP contribution is -2.40. The number of benzene rings is 1. The fourth-order valence-corrected chi connectivity index (χ4v) is 3.14. The smallest absolute Gasteiger partial charge is 0.238 e. The zero-order valence-corrected chi connectivity index (χ0v) is 12.7. The fraction of sp³-hybridized carbons (Fsp3) is 0.562. The number of ether oxygens (including phenoxy) is 2. The second kappa shape index (κ2) is 6.98. The molecule has 1 fully saturated rings. The topological polar surface area (TPSA) is 76.8 Å². The molecule has 6 heteroatoms. The minimum atomic E-state index is 0.00673. The van der Waals surface area contributed by atoms with E-state index in [-0.39, 0.29) is 12.7 Å². The SMILES string of the molecule is NCCC1CCCN(CC(=O)Nc2ccc3c(c2)OCO3)C1. The summed E-state index contributed by atoms with van der Waals surface area (Å²) >= 11 is 0. The van der Waals surface area contributed by atoms with Crippen molar-refractivity contribution in [3.63, 3.8) is 0 Å². The van der Waals surface area contributed by atoms with E-state index in [4.69, 9.17) is 15.2 Å². The van der Waals surface area contributed by atoms with Crippen LogP contribution < -0.4 is 20.5 Å². The average Bonchev–Trinajstić information content (AvgIpc) is 2.95. The maximum Gasteiger partial charge on any atom is 0.238 e. The van der Waals surface area contributed by atoms with Crippen molar-refractivity contribution in [3.8, 4) is 11.5 Å². The third-order valence-electron chi connectivity index (χ3n) is 4.20. The number of nitrogens with two attached hydrogens (primary N) is 1.